The first-order valence-electron chi connectivity index (χ1n) is 6.74. The predicted octanol–water partition coefficient (Wildman–Crippen LogP) is -0.268. The summed E-state index contributed by atoms with van der Waals surface area (Å²) in [7, 11) is 5.60. The molecule has 0 aliphatic carbocycles. The van der Waals surface area contributed by atoms with Crippen molar-refractivity contribution < 1.29 is 0 Å². The van der Waals surface area contributed by atoms with Gasteiger partial charge in [-0.2, -0.15) is 0 Å². The molecule has 3 aliphatic heterocycles. The average Bonchev–Trinajstić information content (AvgIpc) is 3.05. The minimum atomic E-state index is -0.745. The van der Waals surface area contributed by atoms with Gasteiger partial charge in [-0.3, -0.25) is 0 Å². The molecule has 0 saturated heterocycles. The van der Waals surface area contributed by atoms with Crippen LogP contribution in [-0.4, -0.2) is 77.4 Å². The third-order valence-electron chi connectivity index (χ3n) is 3.90. The summed E-state index contributed by atoms with van der Waals surface area (Å²) in [6.07, 6.45) is 13.1. The summed E-state index contributed by atoms with van der Waals surface area (Å²) in [6, 6.07) is 0. The molecule has 7 heteroatoms. The van der Waals surface area contributed by atoms with Crippen molar-refractivity contribution in [2.24, 2.45) is 0 Å². The smallest absolute Gasteiger partial charge is 0.269 e. The molecule has 104 valence electrons. The molecule has 0 amide bonds. The van der Waals surface area contributed by atoms with Crippen molar-refractivity contribution in [1.29, 1.82) is 0 Å². The molecule has 3 heterocycles. The molecule has 0 N–H and O–H groups in total. The van der Waals surface area contributed by atoms with E-state index in [-0.39, 0.29) is 0 Å². The Hall–Kier alpha value is -1.92. The molecular formula is C12H22BN6-. The van der Waals surface area contributed by atoms with Gasteiger partial charge in [-0.25, -0.2) is 0 Å². The van der Waals surface area contributed by atoms with E-state index in [4.69, 9.17) is 0 Å². The van der Waals surface area contributed by atoms with Gasteiger partial charge in [0.2, 0.25) is 0 Å². The lowest BCUT2D eigenvalue weighted by Crippen LogP contribution is -2.59. The zero-order chi connectivity index (χ0) is 13.4. The Morgan fingerprint density at radius 3 is 1.11 bits per heavy atom. The van der Waals surface area contributed by atoms with Gasteiger partial charge in [0.05, 0.1) is 20.0 Å². The van der Waals surface area contributed by atoms with Crippen LogP contribution in [0.4, 0.5) is 0 Å². The summed E-state index contributed by atoms with van der Waals surface area (Å²) in [6.45, 7) is 2.88. The first-order chi connectivity index (χ1) is 9.13. The molecule has 0 saturated carbocycles. The molecule has 0 bridgehead atoms. The molecule has 0 radical (unpaired) electrons. The summed E-state index contributed by atoms with van der Waals surface area (Å²) < 4.78 is 0. The monoisotopic (exact) mass is 261 g/mol. The van der Waals surface area contributed by atoms with E-state index in [1.807, 2.05) is 0 Å². The lowest BCUT2D eigenvalue weighted by molar-refractivity contribution is 0.289. The maximum absolute atomic E-state index is 2.44. The highest BCUT2D eigenvalue weighted by Gasteiger charge is 2.27. The van der Waals surface area contributed by atoms with E-state index in [2.05, 4.69) is 87.5 Å². The van der Waals surface area contributed by atoms with Gasteiger partial charge in [0.1, 0.15) is 0 Å². The molecule has 0 aromatic heterocycles. The van der Waals surface area contributed by atoms with Gasteiger partial charge in [-0.15, -0.1) is 0 Å². The molecule has 6 nitrogen and oxygen atoms in total. The zero-order valence-electron chi connectivity index (χ0n) is 12.0. The molecule has 0 fully saturated rings. The van der Waals surface area contributed by atoms with Gasteiger partial charge < -0.3 is 29.1 Å². The minimum Gasteiger partial charge on any atom is -0.500 e. The predicted molar refractivity (Wildman–Crippen MR) is 78.0 cm³/mol. The SMILES string of the molecule is CN1C=CN([BH-](N2C=CN(C)C2)N2C=CN(C)C2)C1. The summed E-state index contributed by atoms with van der Waals surface area (Å²) in [5, 5.41) is 0. The maximum Gasteiger partial charge on any atom is 0.269 e. The minimum absolute atomic E-state index is 0.745. The van der Waals surface area contributed by atoms with Crippen molar-refractivity contribution in [3.05, 3.63) is 37.2 Å². The van der Waals surface area contributed by atoms with E-state index >= 15 is 0 Å². The van der Waals surface area contributed by atoms with Gasteiger partial charge in [-0.05, 0) is 18.6 Å². The van der Waals surface area contributed by atoms with Crippen LogP contribution in [0.15, 0.2) is 37.2 Å². The number of hydrogen-bond acceptors (Lipinski definition) is 6. The van der Waals surface area contributed by atoms with Crippen LogP contribution in [0.25, 0.3) is 0 Å². The Labute approximate surface area is 115 Å². The van der Waals surface area contributed by atoms with Crippen LogP contribution in [0.5, 0.6) is 0 Å². The summed E-state index contributed by atoms with van der Waals surface area (Å²) >= 11 is 0. The van der Waals surface area contributed by atoms with Crippen LogP contribution in [0, 0.1) is 0 Å². The van der Waals surface area contributed by atoms with Crippen molar-refractivity contribution in [3.63, 3.8) is 0 Å². The Morgan fingerprint density at radius 1 is 0.579 bits per heavy atom. The Bertz CT molecular complexity index is 361. The van der Waals surface area contributed by atoms with Crippen LogP contribution in [0.1, 0.15) is 0 Å². The Kier molecular flexibility index (Phi) is 2.96. The van der Waals surface area contributed by atoms with Crippen LogP contribution in [0.3, 0.4) is 0 Å². The fraction of sp³-hybridized carbons (Fsp3) is 0.500. The van der Waals surface area contributed by atoms with Crippen molar-refractivity contribution >= 4 is 7.12 Å². The lowest BCUT2D eigenvalue weighted by atomic mass is 9.86. The third-order valence-corrected chi connectivity index (χ3v) is 3.90. The highest BCUT2D eigenvalue weighted by Crippen LogP contribution is 2.19. The molecule has 0 atom stereocenters. The molecule has 0 aromatic carbocycles. The van der Waals surface area contributed by atoms with Crippen molar-refractivity contribution in [2.45, 2.75) is 0 Å². The maximum atomic E-state index is 2.44. The van der Waals surface area contributed by atoms with E-state index in [0.717, 1.165) is 20.0 Å². The van der Waals surface area contributed by atoms with Crippen molar-refractivity contribution in [1.82, 2.24) is 29.1 Å². The van der Waals surface area contributed by atoms with Crippen LogP contribution < -0.4 is 0 Å². The van der Waals surface area contributed by atoms with Crippen molar-refractivity contribution in [2.75, 3.05) is 41.1 Å². The molecule has 0 spiro atoms. The summed E-state index contributed by atoms with van der Waals surface area (Å²) in [5.74, 6) is 0. The fourth-order valence-corrected chi connectivity index (χ4v) is 3.02. The van der Waals surface area contributed by atoms with Gasteiger partial charge in [0.15, 0.2) is 0 Å². The molecule has 0 aromatic rings. The van der Waals surface area contributed by atoms with Crippen molar-refractivity contribution in [3.8, 4) is 0 Å². The van der Waals surface area contributed by atoms with E-state index in [1.54, 1.807) is 0 Å². The first-order valence-corrected chi connectivity index (χ1v) is 6.74. The number of rotatable bonds is 3. The molecule has 3 rings (SSSR count). The van der Waals surface area contributed by atoms with Gasteiger partial charge in [-0.1, -0.05) is 0 Å². The average molecular weight is 261 g/mol. The largest absolute Gasteiger partial charge is 0.500 e. The second kappa shape index (κ2) is 4.64. The van der Waals surface area contributed by atoms with E-state index < -0.39 is 7.12 Å². The zero-order valence-corrected chi connectivity index (χ0v) is 12.0. The standard InChI is InChI=1S/C12H22BN6/c1-14-4-7-17(10-14)13(18-8-5-15(2)11-18)19-9-6-16(3)12-19/h4-9,13H,10-12H2,1-3H3/q-1. The van der Waals surface area contributed by atoms with E-state index in [9.17, 15) is 0 Å². The Morgan fingerprint density at radius 2 is 0.895 bits per heavy atom. The van der Waals surface area contributed by atoms with Crippen LogP contribution in [-0.2, 0) is 0 Å². The molecule has 3 aliphatic rings. The summed E-state index contributed by atoms with van der Waals surface area (Å²) in [4.78, 5) is 14.0. The second-order valence-electron chi connectivity index (χ2n) is 5.78. The molecule has 0 unspecified atom stereocenters. The molecular weight excluding hydrogens is 239 g/mol. The highest BCUT2D eigenvalue weighted by molar-refractivity contribution is 6.50. The first kappa shape index (κ1) is 12.1. The van der Waals surface area contributed by atoms with Gasteiger partial charge in [0, 0.05) is 39.7 Å². The third kappa shape index (κ3) is 2.32. The second-order valence-corrected chi connectivity index (χ2v) is 5.78. The summed E-state index contributed by atoms with van der Waals surface area (Å²) in [5.41, 5.74) is 0. The van der Waals surface area contributed by atoms with E-state index in [0.29, 0.717) is 0 Å². The lowest BCUT2D eigenvalue weighted by Gasteiger charge is -2.49. The van der Waals surface area contributed by atoms with E-state index in [1.165, 1.54) is 0 Å². The van der Waals surface area contributed by atoms with Gasteiger partial charge in [0.25, 0.3) is 7.12 Å². The Balaban J connectivity index is 1.78. The normalized spacial score (nSPS) is 22.1. The topological polar surface area (TPSA) is 19.4 Å². The van der Waals surface area contributed by atoms with Crippen LogP contribution in [0.2, 0.25) is 0 Å². The van der Waals surface area contributed by atoms with Crippen LogP contribution >= 0.6 is 0 Å². The number of nitrogens with zero attached hydrogens (tertiary/aromatic N) is 6. The molecule has 19 heavy (non-hydrogen) atoms. The quantitative estimate of drug-likeness (QED) is 0.647. The number of hydrogen-bond donors (Lipinski definition) is 0. The highest BCUT2D eigenvalue weighted by atomic mass is 15.5. The van der Waals surface area contributed by atoms with Gasteiger partial charge >= 0.3 is 0 Å². The fourth-order valence-electron chi connectivity index (χ4n) is 3.02.